The Labute approximate surface area is 206 Å². The molecular formula is C26H25BrN4OS. The smallest absolute Gasteiger partial charge is 0.237 e. The minimum Gasteiger partial charge on any atom is -0.325 e. The first-order chi connectivity index (χ1) is 15.8. The van der Waals surface area contributed by atoms with Crippen molar-refractivity contribution in [2.75, 3.05) is 5.32 Å². The molecule has 168 valence electrons. The zero-order chi connectivity index (χ0) is 23.5. The molecule has 0 spiro atoms. The number of para-hydroxylation sites is 1. The van der Waals surface area contributed by atoms with Crippen molar-refractivity contribution in [1.29, 1.82) is 0 Å². The van der Waals surface area contributed by atoms with E-state index in [9.17, 15) is 4.79 Å². The van der Waals surface area contributed by atoms with Crippen LogP contribution in [0.3, 0.4) is 0 Å². The minimum absolute atomic E-state index is 0.0679. The van der Waals surface area contributed by atoms with Gasteiger partial charge in [0.25, 0.3) is 0 Å². The van der Waals surface area contributed by atoms with E-state index in [-0.39, 0.29) is 11.2 Å². The van der Waals surface area contributed by atoms with Gasteiger partial charge < -0.3 is 5.32 Å². The number of benzene rings is 3. The monoisotopic (exact) mass is 520 g/mol. The predicted molar refractivity (Wildman–Crippen MR) is 139 cm³/mol. The first-order valence-electron chi connectivity index (χ1n) is 10.7. The van der Waals surface area contributed by atoms with Gasteiger partial charge in [-0.15, -0.1) is 10.2 Å². The summed E-state index contributed by atoms with van der Waals surface area (Å²) in [5.74, 6) is 0.657. The van der Waals surface area contributed by atoms with Crippen molar-refractivity contribution >= 4 is 39.3 Å². The molecule has 7 heteroatoms. The van der Waals surface area contributed by atoms with E-state index in [1.54, 1.807) is 0 Å². The Morgan fingerprint density at radius 3 is 2.33 bits per heavy atom. The quantitative estimate of drug-likeness (QED) is 0.286. The first kappa shape index (κ1) is 23.3. The Hall–Kier alpha value is -2.90. The SMILES string of the molecule is Cc1cc(C)c(NC(=O)[C@@H](C)Sc2nnc(-c3cccc(Br)c3)n2-c2ccccc2)c(C)c1. The molecule has 0 saturated carbocycles. The van der Waals surface area contributed by atoms with E-state index < -0.39 is 0 Å². The number of thioether (sulfide) groups is 1. The average Bonchev–Trinajstić information content (AvgIpc) is 3.20. The van der Waals surface area contributed by atoms with Gasteiger partial charge in [-0.25, -0.2) is 0 Å². The lowest BCUT2D eigenvalue weighted by molar-refractivity contribution is -0.115. The average molecular weight is 521 g/mol. The van der Waals surface area contributed by atoms with Crippen LogP contribution in [0.15, 0.2) is 76.4 Å². The fourth-order valence-electron chi connectivity index (χ4n) is 3.78. The third-order valence-electron chi connectivity index (χ3n) is 5.31. The number of anilines is 1. The molecule has 0 fully saturated rings. The number of carbonyl (C=O) groups is 1. The van der Waals surface area contributed by atoms with Crippen molar-refractivity contribution in [2.45, 2.75) is 38.1 Å². The van der Waals surface area contributed by atoms with Crippen molar-refractivity contribution in [3.05, 3.63) is 87.9 Å². The van der Waals surface area contributed by atoms with Crippen molar-refractivity contribution in [1.82, 2.24) is 14.8 Å². The predicted octanol–water partition coefficient (Wildman–Crippen LogP) is 6.74. The summed E-state index contributed by atoms with van der Waals surface area (Å²) in [7, 11) is 0. The van der Waals surface area contributed by atoms with Crippen LogP contribution in [0.5, 0.6) is 0 Å². The van der Waals surface area contributed by atoms with Gasteiger partial charge in [0.2, 0.25) is 5.91 Å². The van der Waals surface area contributed by atoms with Gasteiger partial charge in [-0.05, 0) is 63.1 Å². The molecule has 0 aliphatic rings. The van der Waals surface area contributed by atoms with Gasteiger partial charge in [0.05, 0.1) is 5.25 Å². The van der Waals surface area contributed by atoms with Crippen molar-refractivity contribution in [3.8, 4) is 17.1 Å². The van der Waals surface area contributed by atoms with Gasteiger partial charge >= 0.3 is 0 Å². The maximum atomic E-state index is 13.1. The number of aryl methyl sites for hydroxylation is 3. The molecule has 1 amide bonds. The second-order valence-corrected chi connectivity index (χ2v) is 10.2. The molecule has 4 rings (SSSR count). The van der Waals surface area contributed by atoms with Crippen LogP contribution >= 0.6 is 27.7 Å². The highest BCUT2D eigenvalue weighted by Gasteiger charge is 2.22. The maximum absolute atomic E-state index is 13.1. The van der Waals surface area contributed by atoms with Gasteiger partial charge in [0.15, 0.2) is 11.0 Å². The van der Waals surface area contributed by atoms with Gasteiger partial charge in [-0.2, -0.15) is 0 Å². The van der Waals surface area contributed by atoms with E-state index in [1.807, 2.05) is 79.9 Å². The summed E-state index contributed by atoms with van der Waals surface area (Å²) in [5.41, 5.74) is 6.05. The molecule has 1 aromatic heterocycles. The second kappa shape index (κ2) is 9.93. The Morgan fingerprint density at radius 2 is 1.67 bits per heavy atom. The number of halogens is 1. The molecule has 33 heavy (non-hydrogen) atoms. The molecule has 4 aromatic rings. The number of carbonyl (C=O) groups excluding carboxylic acids is 1. The zero-order valence-electron chi connectivity index (χ0n) is 19.0. The summed E-state index contributed by atoms with van der Waals surface area (Å²) < 4.78 is 2.96. The van der Waals surface area contributed by atoms with Gasteiger partial charge in [0.1, 0.15) is 0 Å². The molecule has 1 N–H and O–H groups in total. The molecule has 0 aliphatic carbocycles. The van der Waals surface area contributed by atoms with Crippen LogP contribution in [0.1, 0.15) is 23.6 Å². The van der Waals surface area contributed by atoms with E-state index in [4.69, 9.17) is 0 Å². The molecule has 0 bridgehead atoms. The second-order valence-electron chi connectivity index (χ2n) is 8.01. The number of hydrogen-bond acceptors (Lipinski definition) is 4. The minimum atomic E-state index is -0.368. The fraction of sp³-hybridized carbons (Fsp3) is 0.192. The molecule has 1 atom stereocenters. The fourth-order valence-corrected chi connectivity index (χ4v) is 5.05. The molecule has 3 aromatic carbocycles. The lowest BCUT2D eigenvalue weighted by atomic mass is 10.1. The summed E-state index contributed by atoms with van der Waals surface area (Å²) in [4.78, 5) is 13.1. The Bertz CT molecular complexity index is 1280. The molecule has 0 saturated heterocycles. The molecular weight excluding hydrogens is 496 g/mol. The number of nitrogens with one attached hydrogen (secondary N) is 1. The van der Waals surface area contributed by atoms with Gasteiger partial charge in [-0.3, -0.25) is 9.36 Å². The number of hydrogen-bond donors (Lipinski definition) is 1. The van der Waals surface area contributed by atoms with Crippen LogP contribution in [0, 0.1) is 20.8 Å². The lowest BCUT2D eigenvalue weighted by Gasteiger charge is -2.16. The highest BCUT2D eigenvalue weighted by molar-refractivity contribution is 9.10. The maximum Gasteiger partial charge on any atom is 0.237 e. The molecule has 0 unspecified atom stereocenters. The number of rotatable bonds is 6. The Balaban J connectivity index is 1.65. The van der Waals surface area contributed by atoms with Crippen molar-refractivity contribution in [3.63, 3.8) is 0 Å². The van der Waals surface area contributed by atoms with E-state index in [2.05, 4.69) is 50.5 Å². The summed E-state index contributed by atoms with van der Waals surface area (Å²) in [6, 6.07) is 22.1. The van der Waals surface area contributed by atoms with Crippen LogP contribution < -0.4 is 5.32 Å². The normalized spacial score (nSPS) is 11.9. The van der Waals surface area contributed by atoms with Crippen LogP contribution in [-0.4, -0.2) is 25.9 Å². The van der Waals surface area contributed by atoms with E-state index in [1.165, 1.54) is 17.3 Å². The summed E-state index contributed by atoms with van der Waals surface area (Å²) >= 11 is 4.93. The van der Waals surface area contributed by atoms with Crippen molar-refractivity contribution < 1.29 is 4.79 Å². The number of aromatic nitrogens is 3. The Kier molecular flexibility index (Phi) is 7.00. The Morgan fingerprint density at radius 1 is 0.970 bits per heavy atom. The molecule has 0 radical (unpaired) electrons. The number of amides is 1. The lowest BCUT2D eigenvalue weighted by Crippen LogP contribution is -2.24. The van der Waals surface area contributed by atoms with Gasteiger partial charge in [0, 0.05) is 21.4 Å². The van der Waals surface area contributed by atoms with Crippen molar-refractivity contribution in [2.24, 2.45) is 0 Å². The summed E-state index contributed by atoms with van der Waals surface area (Å²) in [5, 5.41) is 12.3. The topological polar surface area (TPSA) is 59.8 Å². The molecule has 1 heterocycles. The third-order valence-corrected chi connectivity index (χ3v) is 6.84. The largest absolute Gasteiger partial charge is 0.325 e. The van der Waals surface area contributed by atoms with Crippen LogP contribution in [0.2, 0.25) is 0 Å². The standard InChI is InChI=1S/C26H25BrN4OS/c1-16-13-17(2)23(18(3)14-16)28-25(32)19(4)33-26-30-29-24(20-9-8-10-21(27)15-20)31(26)22-11-6-5-7-12-22/h5-15,19H,1-4H3,(H,28,32)/t19-/m1/s1. The summed E-state index contributed by atoms with van der Waals surface area (Å²) in [6.45, 7) is 7.98. The zero-order valence-corrected chi connectivity index (χ0v) is 21.4. The van der Waals surface area contributed by atoms with E-state index >= 15 is 0 Å². The van der Waals surface area contributed by atoms with Crippen LogP contribution in [0.4, 0.5) is 5.69 Å². The van der Waals surface area contributed by atoms with E-state index in [0.717, 1.165) is 38.4 Å². The highest BCUT2D eigenvalue weighted by Crippen LogP contribution is 2.32. The van der Waals surface area contributed by atoms with Crippen LogP contribution in [0.25, 0.3) is 17.1 Å². The van der Waals surface area contributed by atoms with Crippen LogP contribution in [-0.2, 0) is 4.79 Å². The third kappa shape index (κ3) is 5.20. The summed E-state index contributed by atoms with van der Waals surface area (Å²) in [6.07, 6.45) is 0. The van der Waals surface area contributed by atoms with Gasteiger partial charge in [-0.1, -0.05) is 75.7 Å². The first-order valence-corrected chi connectivity index (χ1v) is 12.3. The number of nitrogens with zero attached hydrogens (tertiary/aromatic N) is 3. The molecule has 5 nitrogen and oxygen atoms in total. The molecule has 0 aliphatic heterocycles. The highest BCUT2D eigenvalue weighted by atomic mass is 79.9. The van der Waals surface area contributed by atoms with E-state index in [0.29, 0.717) is 5.16 Å².